The second-order valence-corrected chi connectivity index (χ2v) is 4.42. The number of nitrogens with one attached hydrogen (secondary N) is 2. The summed E-state index contributed by atoms with van der Waals surface area (Å²) in [4.78, 5) is -0.191. The van der Waals surface area contributed by atoms with Crippen molar-refractivity contribution in [1.29, 1.82) is 0 Å². The molecule has 0 aromatic heterocycles. The molecule has 1 aliphatic carbocycles. The van der Waals surface area contributed by atoms with Crippen molar-refractivity contribution >= 4 is 11.6 Å². The molecule has 3 heteroatoms. The van der Waals surface area contributed by atoms with Crippen LogP contribution in [0.1, 0.15) is 39.5 Å². The van der Waals surface area contributed by atoms with Gasteiger partial charge in [-0.2, -0.15) is 0 Å². The highest BCUT2D eigenvalue weighted by Gasteiger charge is 2.37. The molecule has 0 aliphatic heterocycles. The number of halogens is 1. The summed E-state index contributed by atoms with van der Waals surface area (Å²) in [5, 5.41) is 6.86. The Labute approximate surface area is 86.4 Å². The summed E-state index contributed by atoms with van der Waals surface area (Å²) in [6.07, 6.45) is 4.83. The molecule has 13 heavy (non-hydrogen) atoms. The van der Waals surface area contributed by atoms with Crippen LogP contribution < -0.4 is 10.6 Å². The Bertz CT molecular complexity index is 146. The van der Waals surface area contributed by atoms with Crippen LogP contribution in [0.15, 0.2) is 0 Å². The number of likely N-dealkylation sites (N-methyl/N-ethyl adjacent to an activating group) is 2. The van der Waals surface area contributed by atoms with E-state index in [0.29, 0.717) is 6.04 Å². The maximum Gasteiger partial charge on any atom is 0.109 e. The first-order chi connectivity index (χ1) is 6.23. The lowest BCUT2D eigenvalue weighted by atomic mass is 9.89. The van der Waals surface area contributed by atoms with Crippen molar-refractivity contribution in [3.63, 3.8) is 0 Å². The molecule has 2 atom stereocenters. The monoisotopic (exact) mass is 204 g/mol. The molecule has 1 rings (SSSR count). The smallest absolute Gasteiger partial charge is 0.109 e. The van der Waals surface area contributed by atoms with Gasteiger partial charge >= 0.3 is 0 Å². The fourth-order valence-electron chi connectivity index (χ4n) is 2.15. The SMILES string of the molecule is CCNC1CCCCC1(Cl)NCC. The van der Waals surface area contributed by atoms with E-state index in [-0.39, 0.29) is 5.00 Å². The van der Waals surface area contributed by atoms with Gasteiger partial charge in [0.05, 0.1) is 0 Å². The minimum atomic E-state index is -0.191. The van der Waals surface area contributed by atoms with Crippen molar-refractivity contribution in [3.05, 3.63) is 0 Å². The Balaban J connectivity index is 2.54. The van der Waals surface area contributed by atoms with Crippen LogP contribution in [-0.4, -0.2) is 24.1 Å². The fraction of sp³-hybridized carbons (Fsp3) is 1.00. The molecule has 2 unspecified atom stereocenters. The first-order valence-electron chi connectivity index (χ1n) is 5.40. The zero-order chi connectivity index (χ0) is 9.73. The van der Waals surface area contributed by atoms with Crippen LogP contribution in [-0.2, 0) is 0 Å². The lowest BCUT2D eigenvalue weighted by molar-refractivity contribution is 0.253. The number of rotatable bonds is 4. The van der Waals surface area contributed by atoms with Crippen LogP contribution in [0.4, 0.5) is 0 Å². The summed E-state index contributed by atoms with van der Waals surface area (Å²) in [5.74, 6) is 0. The molecule has 0 aromatic carbocycles. The van der Waals surface area contributed by atoms with Crippen LogP contribution >= 0.6 is 11.6 Å². The lowest BCUT2D eigenvalue weighted by Crippen LogP contribution is -2.57. The van der Waals surface area contributed by atoms with Gasteiger partial charge in [-0.1, -0.05) is 26.7 Å². The third-order valence-corrected chi connectivity index (χ3v) is 3.34. The van der Waals surface area contributed by atoms with Crippen molar-refractivity contribution in [1.82, 2.24) is 10.6 Å². The van der Waals surface area contributed by atoms with E-state index in [0.717, 1.165) is 19.5 Å². The zero-order valence-corrected chi connectivity index (χ0v) is 9.45. The molecule has 1 fully saturated rings. The highest BCUT2D eigenvalue weighted by molar-refractivity contribution is 6.24. The largest absolute Gasteiger partial charge is 0.311 e. The quantitative estimate of drug-likeness (QED) is 0.542. The Morgan fingerprint density at radius 3 is 2.69 bits per heavy atom. The van der Waals surface area contributed by atoms with Gasteiger partial charge in [0.25, 0.3) is 0 Å². The molecule has 0 aromatic rings. The number of hydrogen-bond acceptors (Lipinski definition) is 2. The van der Waals surface area contributed by atoms with Crippen molar-refractivity contribution in [2.45, 2.75) is 50.6 Å². The van der Waals surface area contributed by atoms with Crippen molar-refractivity contribution in [2.75, 3.05) is 13.1 Å². The predicted molar refractivity (Wildman–Crippen MR) is 58.2 cm³/mol. The molecule has 2 N–H and O–H groups in total. The topological polar surface area (TPSA) is 24.1 Å². The molecular weight excluding hydrogens is 184 g/mol. The molecule has 0 amide bonds. The summed E-state index contributed by atoms with van der Waals surface area (Å²) in [5.41, 5.74) is 0. The minimum Gasteiger partial charge on any atom is -0.311 e. The van der Waals surface area contributed by atoms with E-state index in [9.17, 15) is 0 Å². The van der Waals surface area contributed by atoms with E-state index < -0.39 is 0 Å². The third-order valence-electron chi connectivity index (χ3n) is 2.76. The van der Waals surface area contributed by atoms with Gasteiger partial charge in [0.2, 0.25) is 0 Å². The van der Waals surface area contributed by atoms with Crippen LogP contribution in [0.5, 0.6) is 0 Å². The molecule has 1 saturated carbocycles. The van der Waals surface area contributed by atoms with E-state index in [1.807, 2.05) is 0 Å². The molecule has 0 heterocycles. The number of hydrogen-bond donors (Lipinski definition) is 2. The summed E-state index contributed by atoms with van der Waals surface area (Å²) in [6, 6.07) is 0.438. The van der Waals surface area contributed by atoms with Crippen LogP contribution in [0.2, 0.25) is 0 Å². The summed E-state index contributed by atoms with van der Waals surface area (Å²) < 4.78 is 0. The molecule has 0 bridgehead atoms. The lowest BCUT2D eigenvalue weighted by Gasteiger charge is -2.40. The van der Waals surface area contributed by atoms with Gasteiger partial charge in [-0.3, -0.25) is 5.32 Å². The molecule has 78 valence electrons. The average molecular weight is 205 g/mol. The van der Waals surface area contributed by atoms with Gasteiger partial charge < -0.3 is 5.32 Å². The average Bonchev–Trinajstić information content (AvgIpc) is 2.10. The Hall–Kier alpha value is 0.210. The fourth-order valence-corrected chi connectivity index (χ4v) is 2.60. The van der Waals surface area contributed by atoms with Gasteiger partial charge in [0.15, 0.2) is 0 Å². The Morgan fingerprint density at radius 2 is 2.08 bits per heavy atom. The molecule has 0 spiro atoms. The minimum absolute atomic E-state index is 0.191. The molecule has 0 radical (unpaired) electrons. The van der Waals surface area contributed by atoms with Crippen molar-refractivity contribution < 1.29 is 0 Å². The summed E-state index contributed by atoms with van der Waals surface area (Å²) >= 11 is 6.55. The molecular formula is C10H21ClN2. The highest BCUT2D eigenvalue weighted by atomic mass is 35.5. The first-order valence-corrected chi connectivity index (χ1v) is 5.78. The van der Waals surface area contributed by atoms with Gasteiger partial charge in [-0.25, -0.2) is 0 Å². The predicted octanol–water partition coefficient (Wildman–Crippen LogP) is 2.08. The molecule has 0 saturated heterocycles. The van der Waals surface area contributed by atoms with Gasteiger partial charge in [-0.05, 0) is 25.9 Å². The van der Waals surface area contributed by atoms with E-state index in [4.69, 9.17) is 11.6 Å². The van der Waals surface area contributed by atoms with Crippen LogP contribution in [0.3, 0.4) is 0 Å². The molecule has 2 nitrogen and oxygen atoms in total. The van der Waals surface area contributed by atoms with Crippen molar-refractivity contribution in [2.24, 2.45) is 0 Å². The van der Waals surface area contributed by atoms with Gasteiger partial charge in [-0.15, -0.1) is 11.6 Å². The standard InChI is InChI=1S/C10H21ClN2/c1-3-12-9-7-5-6-8-10(9,11)13-4-2/h9,12-13H,3-8H2,1-2H3. The summed E-state index contributed by atoms with van der Waals surface area (Å²) in [7, 11) is 0. The van der Waals surface area contributed by atoms with Gasteiger partial charge in [0.1, 0.15) is 5.00 Å². The second-order valence-electron chi connectivity index (χ2n) is 3.75. The zero-order valence-electron chi connectivity index (χ0n) is 8.70. The van der Waals surface area contributed by atoms with Crippen LogP contribution in [0.25, 0.3) is 0 Å². The second kappa shape index (κ2) is 5.18. The Morgan fingerprint density at radius 1 is 1.31 bits per heavy atom. The Kier molecular flexibility index (Phi) is 4.50. The van der Waals surface area contributed by atoms with E-state index in [1.54, 1.807) is 0 Å². The number of alkyl halides is 1. The maximum absolute atomic E-state index is 6.55. The first kappa shape index (κ1) is 11.3. The maximum atomic E-state index is 6.55. The third kappa shape index (κ3) is 2.83. The van der Waals surface area contributed by atoms with Crippen LogP contribution in [0, 0.1) is 0 Å². The van der Waals surface area contributed by atoms with E-state index in [2.05, 4.69) is 24.5 Å². The molecule has 1 aliphatic rings. The highest BCUT2D eigenvalue weighted by Crippen LogP contribution is 2.31. The normalized spacial score (nSPS) is 34.8. The van der Waals surface area contributed by atoms with Gasteiger partial charge in [0, 0.05) is 6.04 Å². The van der Waals surface area contributed by atoms with E-state index in [1.165, 1.54) is 19.3 Å². The van der Waals surface area contributed by atoms with Crippen molar-refractivity contribution in [3.8, 4) is 0 Å². The summed E-state index contributed by atoms with van der Waals surface area (Å²) in [6.45, 7) is 6.20. The van der Waals surface area contributed by atoms with E-state index >= 15 is 0 Å².